The Morgan fingerprint density at radius 1 is 1.38 bits per heavy atom. The average Bonchev–Trinajstić information content (AvgIpc) is 2.66. The number of hydrogen-bond acceptors (Lipinski definition) is 5. The summed E-state index contributed by atoms with van der Waals surface area (Å²) in [5.41, 5.74) is 1.76. The monoisotopic (exact) mass is 484 g/mol. The molecule has 1 unspecified atom stereocenters. The molecule has 1 atom stereocenters. The van der Waals surface area contributed by atoms with E-state index in [9.17, 15) is 22.8 Å². The average molecular weight is 485 g/mol. The van der Waals surface area contributed by atoms with Crippen molar-refractivity contribution >= 4 is 51.0 Å². The van der Waals surface area contributed by atoms with E-state index in [0.29, 0.717) is 27.4 Å². The second kappa shape index (κ2) is 8.04. The van der Waals surface area contributed by atoms with Gasteiger partial charge in [-0.1, -0.05) is 28.9 Å². The molecule has 1 aliphatic carbocycles. The molecule has 1 aliphatic heterocycles. The van der Waals surface area contributed by atoms with Crippen LogP contribution in [-0.2, 0) is 4.79 Å². The number of urea groups is 1. The highest BCUT2D eigenvalue weighted by Gasteiger charge is 2.42. The lowest BCUT2D eigenvalue weighted by molar-refractivity contribution is -0.123. The zero-order valence-corrected chi connectivity index (χ0v) is 17.2. The quantitative estimate of drug-likeness (QED) is 0.498. The maximum atomic E-state index is 13.1. The van der Waals surface area contributed by atoms with E-state index >= 15 is 0 Å². The van der Waals surface area contributed by atoms with Crippen molar-refractivity contribution in [3.05, 3.63) is 47.1 Å². The minimum Gasteiger partial charge on any atom is -0.286 e. The van der Waals surface area contributed by atoms with Crippen molar-refractivity contribution < 1.29 is 22.8 Å². The number of imide groups is 1. The molecule has 1 aromatic rings. The summed E-state index contributed by atoms with van der Waals surface area (Å²) in [6, 6.07) is 5.67. The Balaban J connectivity index is 2.00. The topological polar surface area (TPSA) is 85.6 Å². The maximum Gasteiger partial charge on any atom is 0.416 e. The molecular weight excluding hydrogens is 473 g/mol. The standard InChI is InChI=1S/C18H12BrF3N4O2S/c1-2-29-14-4-3-9(8-23)5-13(14)25-26-16(27)11-6-10(18(20,21)22)7-12(19)15(11)24-17(26)28/h3-7,12,25H,2H2,1H3. The number of amides is 3. The van der Waals surface area contributed by atoms with Crippen LogP contribution in [0.5, 0.6) is 0 Å². The zero-order chi connectivity index (χ0) is 21.3. The summed E-state index contributed by atoms with van der Waals surface area (Å²) in [7, 11) is 0. The molecule has 2 aliphatic rings. The van der Waals surface area contributed by atoms with Crippen molar-refractivity contribution in [3.8, 4) is 6.07 Å². The van der Waals surface area contributed by atoms with Gasteiger partial charge >= 0.3 is 12.2 Å². The summed E-state index contributed by atoms with van der Waals surface area (Å²) in [4.78, 5) is 28.6. The molecule has 1 heterocycles. The first-order chi connectivity index (χ1) is 13.7. The molecule has 1 aromatic carbocycles. The molecule has 3 amide bonds. The molecule has 3 rings (SSSR count). The van der Waals surface area contributed by atoms with E-state index < -0.39 is 28.5 Å². The molecule has 0 spiro atoms. The van der Waals surface area contributed by atoms with E-state index in [1.807, 2.05) is 13.0 Å². The number of hydrogen-bond donors (Lipinski definition) is 1. The number of halogens is 4. The van der Waals surface area contributed by atoms with Crippen LogP contribution in [-0.4, -0.2) is 39.4 Å². The van der Waals surface area contributed by atoms with Crippen LogP contribution in [0.2, 0.25) is 0 Å². The van der Waals surface area contributed by atoms with Crippen LogP contribution in [0.3, 0.4) is 0 Å². The van der Waals surface area contributed by atoms with Gasteiger partial charge in [-0.15, -0.1) is 11.8 Å². The van der Waals surface area contributed by atoms with E-state index in [0.717, 1.165) is 6.08 Å². The predicted octanol–water partition coefficient (Wildman–Crippen LogP) is 4.59. The lowest BCUT2D eigenvalue weighted by Crippen LogP contribution is -2.48. The summed E-state index contributed by atoms with van der Waals surface area (Å²) in [5.74, 6) is -0.282. The summed E-state index contributed by atoms with van der Waals surface area (Å²) in [6.07, 6.45) is -3.14. The highest BCUT2D eigenvalue weighted by molar-refractivity contribution is 9.10. The fraction of sp³-hybridized carbons (Fsp3) is 0.222. The molecule has 0 radical (unpaired) electrons. The second-order valence-electron chi connectivity index (χ2n) is 5.87. The summed E-state index contributed by atoms with van der Waals surface area (Å²) in [5, 5.41) is 9.65. The molecule has 6 nitrogen and oxygen atoms in total. The Hall–Kier alpha value is -2.58. The normalized spacial score (nSPS) is 19.1. The van der Waals surface area contributed by atoms with Gasteiger partial charge in [-0.2, -0.15) is 28.4 Å². The SMILES string of the molecule is CCSc1ccc(C#N)cc1NN1C(=O)N=C2C(=CC(C(F)(F)F)=CC2Br)C1=O. The van der Waals surface area contributed by atoms with Crippen molar-refractivity contribution in [2.24, 2.45) is 4.99 Å². The Morgan fingerprint density at radius 2 is 2.10 bits per heavy atom. The zero-order valence-electron chi connectivity index (χ0n) is 14.7. The van der Waals surface area contributed by atoms with Crippen LogP contribution < -0.4 is 5.43 Å². The molecule has 150 valence electrons. The summed E-state index contributed by atoms with van der Waals surface area (Å²) in [6.45, 7) is 1.90. The van der Waals surface area contributed by atoms with Crippen LogP contribution >= 0.6 is 27.7 Å². The highest BCUT2D eigenvalue weighted by atomic mass is 79.9. The number of allylic oxidation sites excluding steroid dienone is 3. The van der Waals surface area contributed by atoms with Crippen molar-refractivity contribution in [1.82, 2.24) is 5.01 Å². The first-order valence-electron chi connectivity index (χ1n) is 8.21. The second-order valence-corrected chi connectivity index (χ2v) is 8.16. The van der Waals surface area contributed by atoms with Gasteiger partial charge in [0.2, 0.25) is 0 Å². The van der Waals surface area contributed by atoms with Crippen molar-refractivity contribution in [2.45, 2.75) is 22.8 Å². The van der Waals surface area contributed by atoms with E-state index in [1.165, 1.54) is 17.8 Å². The Morgan fingerprint density at radius 3 is 2.72 bits per heavy atom. The molecule has 0 saturated heterocycles. The fourth-order valence-corrected chi connectivity index (χ4v) is 4.05. The van der Waals surface area contributed by atoms with Crippen LogP contribution in [0.15, 0.2) is 51.4 Å². The third-order valence-electron chi connectivity index (χ3n) is 3.97. The van der Waals surface area contributed by atoms with Gasteiger partial charge in [0.25, 0.3) is 5.91 Å². The van der Waals surface area contributed by atoms with Gasteiger partial charge in [0.1, 0.15) is 0 Å². The predicted molar refractivity (Wildman–Crippen MR) is 106 cm³/mol. The van der Waals surface area contributed by atoms with Gasteiger partial charge in [-0.05, 0) is 30.0 Å². The van der Waals surface area contributed by atoms with E-state index in [1.54, 1.807) is 12.1 Å². The van der Waals surface area contributed by atoms with Crippen molar-refractivity contribution in [1.29, 1.82) is 5.26 Å². The van der Waals surface area contributed by atoms with Gasteiger partial charge in [-0.3, -0.25) is 10.2 Å². The Kier molecular flexibility index (Phi) is 5.86. The molecule has 0 aromatic heterocycles. The summed E-state index contributed by atoms with van der Waals surface area (Å²) >= 11 is 4.43. The minimum atomic E-state index is -4.66. The molecule has 0 fully saturated rings. The molecule has 11 heteroatoms. The van der Waals surface area contributed by atoms with Crippen LogP contribution in [0.4, 0.5) is 23.7 Å². The number of thioether (sulfide) groups is 1. The number of carbonyl (C=O) groups excluding carboxylic acids is 2. The largest absolute Gasteiger partial charge is 0.416 e. The first-order valence-corrected chi connectivity index (χ1v) is 10.1. The summed E-state index contributed by atoms with van der Waals surface area (Å²) < 4.78 is 39.4. The van der Waals surface area contributed by atoms with E-state index in [-0.39, 0.29) is 16.8 Å². The smallest absolute Gasteiger partial charge is 0.286 e. The number of alkyl halides is 4. The third kappa shape index (κ3) is 4.23. The molecular formula is C18H12BrF3N4O2S. The number of aliphatic imine (C=N–C) groups is 1. The third-order valence-corrected chi connectivity index (χ3v) is 5.63. The van der Waals surface area contributed by atoms with E-state index in [4.69, 9.17) is 5.26 Å². The lowest BCUT2D eigenvalue weighted by atomic mass is 9.95. The van der Waals surface area contributed by atoms with Crippen LogP contribution in [0.25, 0.3) is 0 Å². The van der Waals surface area contributed by atoms with Gasteiger partial charge < -0.3 is 0 Å². The first kappa shape index (κ1) is 21.1. The van der Waals surface area contributed by atoms with Crippen molar-refractivity contribution in [3.63, 3.8) is 0 Å². The number of anilines is 1. The number of benzene rings is 1. The van der Waals surface area contributed by atoms with Gasteiger partial charge in [-0.25, -0.2) is 4.79 Å². The van der Waals surface area contributed by atoms with Gasteiger partial charge in [0, 0.05) is 4.90 Å². The number of rotatable bonds is 4. The van der Waals surface area contributed by atoms with Gasteiger partial charge in [0.05, 0.1) is 39.0 Å². The van der Waals surface area contributed by atoms with E-state index in [2.05, 4.69) is 26.3 Å². The van der Waals surface area contributed by atoms with Crippen LogP contribution in [0, 0.1) is 11.3 Å². The number of nitrogens with zero attached hydrogens (tertiary/aromatic N) is 3. The molecule has 0 saturated carbocycles. The number of fused-ring (bicyclic) bond motifs is 1. The molecule has 0 bridgehead atoms. The number of nitriles is 1. The van der Waals surface area contributed by atoms with Crippen LogP contribution in [0.1, 0.15) is 12.5 Å². The Labute approximate surface area is 176 Å². The lowest BCUT2D eigenvalue weighted by Gasteiger charge is -2.30. The van der Waals surface area contributed by atoms with Gasteiger partial charge in [0.15, 0.2) is 0 Å². The molecule has 1 N–H and O–H groups in total. The highest BCUT2D eigenvalue weighted by Crippen LogP contribution is 2.35. The maximum absolute atomic E-state index is 13.1. The Bertz CT molecular complexity index is 1030. The molecule has 29 heavy (non-hydrogen) atoms. The van der Waals surface area contributed by atoms with Crippen molar-refractivity contribution in [2.75, 3.05) is 11.2 Å². The number of nitrogens with one attached hydrogen (secondary N) is 1. The number of hydrazine groups is 1. The fourth-order valence-electron chi connectivity index (χ4n) is 2.68. The minimum absolute atomic E-state index is 0.0833. The number of carbonyl (C=O) groups is 2.